The van der Waals surface area contributed by atoms with Gasteiger partial charge in [0.1, 0.15) is 0 Å². The van der Waals surface area contributed by atoms with Crippen molar-refractivity contribution in [3.63, 3.8) is 0 Å². The third kappa shape index (κ3) is 5.55. The van der Waals surface area contributed by atoms with E-state index in [2.05, 4.69) is 34.7 Å². The van der Waals surface area contributed by atoms with Crippen LogP contribution in [0.15, 0.2) is 0 Å². The van der Waals surface area contributed by atoms with E-state index in [1.807, 2.05) is 6.92 Å². The van der Waals surface area contributed by atoms with Crippen molar-refractivity contribution in [1.82, 2.24) is 15.5 Å². The molecule has 0 saturated carbocycles. The largest absolute Gasteiger partial charge is 0.360 e. The highest BCUT2D eigenvalue weighted by molar-refractivity contribution is 7.17. The molecule has 0 aliphatic heterocycles. The van der Waals surface area contributed by atoms with Crippen LogP contribution in [0, 0.1) is 5.92 Å². The quantitative estimate of drug-likeness (QED) is 0.731. The van der Waals surface area contributed by atoms with Crippen molar-refractivity contribution in [1.29, 1.82) is 0 Å². The lowest BCUT2D eigenvalue weighted by Gasteiger charge is -2.14. The van der Waals surface area contributed by atoms with E-state index < -0.39 is 0 Å². The van der Waals surface area contributed by atoms with Gasteiger partial charge >= 0.3 is 0 Å². The number of carbonyl (C=O) groups is 1. The Morgan fingerprint density at radius 1 is 1.32 bits per heavy atom. The molecule has 1 heterocycles. The molecule has 2 N–H and O–H groups in total. The first-order chi connectivity index (χ1) is 9.21. The maximum absolute atomic E-state index is 11.9. The number of aromatic nitrogens is 2. The van der Waals surface area contributed by atoms with Crippen molar-refractivity contribution < 1.29 is 4.79 Å². The van der Waals surface area contributed by atoms with Crippen molar-refractivity contribution in [3.05, 3.63) is 5.01 Å². The van der Waals surface area contributed by atoms with Gasteiger partial charge in [-0.25, -0.2) is 0 Å². The molecule has 108 valence electrons. The Kier molecular flexibility index (Phi) is 7.40. The minimum atomic E-state index is -0.114. The minimum Gasteiger partial charge on any atom is -0.360 e. The lowest BCUT2D eigenvalue weighted by molar-refractivity contribution is 0.0944. The zero-order chi connectivity index (χ0) is 14.1. The molecular formula is C13H24N4OS. The van der Waals surface area contributed by atoms with Crippen LogP contribution in [0.2, 0.25) is 0 Å². The van der Waals surface area contributed by atoms with E-state index in [9.17, 15) is 4.79 Å². The molecule has 1 atom stereocenters. The summed E-state index contributed by atoms with van der Waals surface area (Å²) in [7, 11) is 0. The van der Waals surface area contributed by atoms with Gasteiger partial charge in [-0.3, -0.25) is 4.79 Å². The lowest BCUT2D eigenvalue weighted by Crippen LogP contribution is -2.29. The molecule has 19 heavy (non-hydrogen) atoms. The molecule has 0 aliphatic rings. The van der Waals surface area contributed by atoms with Crippen molar-refractivity contribution in [2.24, 2.45) is 5.92 Å². The van der Waals surface area contributed by atoms with Crippen LogP contribution in [-0.2, 0) is 0 Å². The number of unbranched alkanes of at least 4 members (excludes halogenated alkanes) is 1. The van der Waals surface area contributed by atoms with Crippen molar-refractivity contribution in [3.8, 4) is 0 Å². The molecule has 0 aromatic carbocycles. The Bertz CT molecular complexity index is 380. The Morgan fingerprint density at radius 2 is 2.11 bits per heavy atom. The molecule has 6 heteroatoms. The van der Waals surface area contributed by atoms with Crippen LogP contribution in [0.25, 0.3) is 0 Å². The van der Waals surface area contributed by atoms with Crippen LogP contribution in [0.5, 0.6) is 0 Å². The number of rotatable bonds is 9. The van der Waals surface area contributed by atoms with Crippen molar-refractivity contribution in [2.45, 2.75) is 46.5 Å². The average molecular weight is 284 g/mol. The highest BCUT2D eigenvalue weighted by Gasteiger charge is 2.14. The Morgan fingerprint density at radius 3 is 2.74 bits per heavy atom. The summed E-state index contributed by atoms with van der Waals surface area (Å²) in [5.41, 5.74) is 0. The minimum absolute atomic E-state index is 0.114. The monoisotopic (exact) mass is 284 g/mol. The molecule has 1 amide bonds. The molecule has 1 unspecified atom stereocenters. The SMILES string of the molecule is CCCCC(CC)CNC(=O)c1nnc(NCC)s1. The molecule has 0 bridgehead atoms. The van der Waals surface area contributed by atoms with E-state index in [1.165, 1.54) is 30.6 Å². The van der Waals surface area contributed by atoms with Gasteiger partial charge in [0.2, 0.25) is 10.1 Å². The van der Waals surface area contributed by atoms with Gasteiger partial charge in [-0.2, -0.15) is 0 Å². The summed E-state index contributed by atoms with van der Waals surface area (Å²) >= 11 is 1.30. The maximum atomic E-state index is 11.9. The second-order valence-electron chi connectivity index (χ2n) is 4.57. The topological polar surface area (TPSA) is 66.9 Å². The second kappa shape index (κ2) is 8.85. The number of hydrogen-bond acceptors (Lipinski definition) is 5. The Labute approximate surface area is 119 Å². The first kappa shape index (κ1) is 15.9. The lowest BCUT2D eigenvalue weighted by atomic mass is 9.99. The predicted molar refractivity (Wildman–Crippen MR) is 79.7 cm³/mol. The zero-order valence-corrected chi connectivity index (χ0v) is 12.8. The van der Waals surface area contributed by atoms with Crippen LogP contribution in [0.4, 0.5) is 5.13 Å². The van der Waals surface area contributed by atoms with Crippen LogP contribution < -0.4 is 10.6 Å². The van der Waals surface area contributed by atoms with Crippen LogP contribution in [0.3, 0.4) is 0 Å². The number of hydrogen-bond donors (Lipinski definition) is 2. The Balaban J connectivity index is 2.40. The zero-order valence-electron chi connectivity index (χ0n) is 12.0. The van der Waals surface area contributed by atoms with Crippen LogP contribution in [0.1, 0.15) is 56.3 Å². The summed E-state index contributed by atoms with van der Waals surface area (Å²) in [5.74, 6) is 0.446. The molecule has 0 aliphatic carbocycles. The van der Waals surface area contributed by atoms with E-state index in [-0.39, 0.29) is 5.91 Å². The van der Waals surface area contributed by atoms with E-state index >= 15 is 0 Å². The van der Waals surface area contributed by atoms with Gasteiger partial charge in [0.25, 0.3) is 5.91 Å². The third-order valence-electron chi connectivity index (χ3n) is 3.04. The summed E-state index contributed by atoms with van der Waals surface area (Å²) in [6.45, 7) is 7.85. The van der Waals surface area contributed by atoms with Crippen LogP contribution >= 0.6 is 11.3 Å². The normalized spacial score (nSPS) is 12.2. The van der Waals surface area contributed by atoms with Gasteiger partial charge in [0.15, 0.2) is 0 Å². The molecule has 1 aromatic rings. The predicted octanol–water partition coefficient (Wildman–Crippen LogP) is 2.92. The molecule has 0 spiro atoms. The highest BCUT2D eigenvalue weighted by atomic mass is 32.1. The highest BCUT2D eigenvalue weighted by Crippen LogP contribution is 2.15. The van der Waals surface area contributed by atoms with Gasteiger partial charge < -0.3 is 10.6 Å². The molecule has 5 nitrogen and oxygen atoms in total. The van der Waals surface area contributed by atoms with Gasteiger partial charge in [-0.15, -0.1) is 10.2 Å². The number of amides is 1. The van der Waals surface area contributed by atoms with Gasteiger partial charge in [0, 0.05) is 13.1 Å². The smallest absolute Gasteiger partial charge is 0.282 e. The summed E-state index contributed by atoms with van der Waals surface area (Å²) in [6.07, 6.45) is 4.69. The molecule has 0 radical (unpaired) electrons. The van der Waals surface area contributed by atoms with E-state index in [0.29, 0.717) is 16.1 Å². The summed E-state index contributed by atoms with van der Waals surface area (Å²) in [6, 6.07) is 0. The summed E-state index contributed by atoms with van der Waals surface area (Å²) in [4.78, 5) is 11.9. The third-order valence-corrected chi connectivity index (χ3v) is 3.92. The molecule has 1 rings (SSSR count). The summed E-state index contributed by atoms with van der Waals surface area (Å²) < 4.78 is 0. The van der Waals surface area contributed by atoms with E-state index in [0.717, 1.165) is 19.5 Å². The van der Waals surface area contributed by atoms with Crippen molar-refractivity contribution in [2.75, 3.05) is 18.4 Å². The first-order valence-electron chi connectivity index (χ1n) is 7.06. The fourth-order valence-electron chi connectivity index (χ4n) is 1.79. The van der Waals surface area contributed by atoms with Gasteiger partial charge in [0.05, 0.1) is 0 Å². The molecular weight excluding hydrogens is 260 g/mol. The van der Waals surface area contributed by atoms with E-state index in [1.54, 1.807) is 0 Å². The number of carbonyl (C=O) groups excluding carboxylic acids is 1. The van der Waals surface area contributed by atoms with Gasteiger partial charge in [-0.05, 0) is 19.3 Å². The second-order valence-corrected chi connectivity index (χ2v) is 5.55. The average Bonchev–Trinajstić information content (AvgIpc) is 2.88. The van der Waals surface area contributed by atoms with Crippen molar-refractivity contribution >= 4 is 22.4 Å². The fourth-order valence-corrected chi connectivity index (χ4v) is 2.52. The number of nitrogens with one attached hydrogen (secondary N) is 2. The Hall–Kier alpha value is -1.17. The molecule has 0 fully saturated rings. The van der Waals surface area contributed by atoms with E-state index in [4.69, 9.17) is 0 Å². The molecule has 1 aromatic heterocycles. The number of nitrogens with zero attached hydrogens (tertiary/aromatic N) is 2. The number of anilines is 1. The summed E-state index contributed by atoms with van der Waals surface area (Å²) in [5, 5.41) is 15.0. The fraction of sp³-hybridized carbons (Fsp3) is 0.769. The standard InChI is InChI=1S/C13H24N4OS/c1-4-7-8-10(5-2)9-15-11(18)12-16-17-13(19-12)14-6-3/h10H,4-9H2,1-3H3,(H,14,17)(H,15,18). The molecule has 0 saturated heterocycles. The van der Waals surface area contributed by atoms with Crippen LogP contribution in [-0.4, -0.2) is 29.2 Å². The maximum Gasteiger partial charge on any atom is 0.282 e. The van der Waals surface area contributed by atoms with Gasteiger partial charge in [-0.1, -0.05) is 44.4 Å². The first-order valence-corrected chi connectivity index (χ1v) is 7.88.